The number of aromatic nitrogens is 1. The standard InChI is InChI=1S/C14H9ClN4O5/c1-5-7(2-3-8(11(5)15)19(23)24)18-9(20)4-6-10(12(18)16)14(22)17-13(6)21/h2-4H,16H2,1H3,(H,17,21,22). The van der Waals surface area contributed by atoms with Gasteiger partial charge in [0, 0.05) is 12.1 Å². The third-order valence-corrected chi connectivity index (χ3v) is 4.21. The number of nitro benzene ring substituents is 1. The zero-order chi connectivity index (χ0) is 17.8. The van der Waals surface area contributed by atoms with Gasteiger partial charge in [-0.05, 0) is 18.6 Å². The molecule has 1 aliphatic heterocycles. The molecule has 0 fully saturated rings. The largest absolute Gasteiger partial charge is 0.384 e. The van der Waals surface area contributed by atoms with Gasteiger partial charge >= 0.3 is 0 Å². The van der Waals surface area contributed by atoms with Gasteiger partial charge in [-0.25, -0.2) is 0 Å². The van der Waals surface area contributed by atoms with E-state index in [-0.39, 0.29) is 38.9 Å². The maximum absolute atomic E-state index is 12.3. The Labute approximate surface area is 138 Å². The average molecular weight is 349 g/mol. The fourth-order valence-corrected chi connectivity index (χ4v) is 2.80. The van der Waals surface area contributed by atoms with E-state index >= 15 is 0 Å². The smallest absolute Gasteiger partial charge is 0.288 e. The monoisotopic (exact) mass is 348 g/mol. The van der Waals surface area contributed by atoms with Gasteiger partial charge in [-0.2, -0.15) is 0 Å². The molecule has 9 nitrogen and oxygen atoms in total. The molecule has 0 saturated heterocycles. The molecule has 10 heteroatoms. The molecule has 24 heavy (non-hydrogen) atoms. The number of halogens is 1. The van der Waals surface area contributed by atoms with Crippen LogP contribution in [0.1, 0.15) is 26.3 Å². The van der Waals surface area contributed by atoms with Crippen LogP contribution in [0.15, 0.2) is 23.0 Å². The molecule has 3 N–H and O–H groups in total. The van der Waals surface area contributed by atoms with Crippen LogP contribution in [0.5, 0.6) is 0 Å². The number of nitrogen functional groups attached to an aromatic ring is 1. The minimum absolute atomic E-state index is 0.107. The minimum atomic E-state index is -0.716. The first kappa shape index (κ1) is 15.7. The highest BCUT2D eigenvalue weighted by Gasteiger charge is 2.32. The Kier molecular flexibility index (Phi) is 3.38. The van der Waals surface area contributed by atoms with Gasteiger partial charge in [0.2, 0.25) is 0 Å². The molecule has 0 saturated carbocycles. The number of hydrogen-bond donors (Lipinski definition) is 2. The Morgan fingerprint density at radius 2 is 1.92 bits per heavy atom. The van der Waals surface area contributed by atoms with Crippen molar-refractivity contribution in [2.24, 2.45) is 0 Å². The molecule has 1 aromatic heterocycles. The molecule has 0 bridgehead atoms. The summed E-state index contributed by atoms with van der Waals surface area (Å²) in [4.78, 5) is 46.1. The Hall–Kier alpha value is -3.20. The van der Waals surface area contributed by atoms with Crippen LogP contribution in [0, 0.1) is 17.0 Å². The number of imide groups is 1. The van der Waals surface area contributed by atoms with Crippen molar-refractivity contribution >= 4 is 34.9 Å². The minimum Gasteiger partial charge on any atom is -0.384 e. The van der Waals surface area contributed by atoms with Crippen molar-refractivity contribution in [1.82, 2.24) is 9.88 Å². The van der Waals surface area contributed by atoms with Crippen molar-refractivity contribution in [2.45, 2.75) is 6.92 Å². The zero-order valence-electron chi connectivity index (χ0n) is 12.1. The molecule has 122 valence electrons. The first-order valence-electron chi connectivity index (χ1n) is 6.59. The van der Waals surface area contributed by atoms with E-state index in [9.17, 15) is 24.5 Å². The van der Waals surface area contributed by atoms with Gasteiger partial charge in [0.15, 0.2) is 0 Å². The maximum atomic E-state index is 12.3. The Bertz CT molecular complexity index is 1010. The summed E-state index contributed by atoms with van der Waals surface area (Å²) in [7, 11) is 0. The topological polar surface area (TPSA) is 137 Å². The van der Waals surface area contributed by atoms with Crippen molar-refractivity contribution in [3.63, 3.8) is 0 Å². The first-order valence-corrected chi connectivity index (χ1v) is 6.97. The van der Waals surface area contributed by atoms with E-state index in [1.165, 1.54) is 13.0 Å². The van der Waals surface area contributed by atoms with E-state index in [1.54, 1.807) is 0 Å². The molecule has 0 spiro atoms. The summed E-state index contributed by atoms with van der Waals surface area (Å²) >= 11 is 5.99. The lowest BCUT2D eigenvalue weighted by atomic mass is 10.1. The number of nitro groups is 1. The second kappa shape index (κ2) is 5.17. The van der Waals surface area contributed by atoms with Crippen LogP contribution >= 0.6 is 11.6 Å². The fourth-order valence-electron chi connectivity index (χ4n) is 2.57. The summed E-state index contributed by atoms with van der Waals surface area (Å²) in [5.41, 5.74) is 5.13. The summed E-state index contributed by atoms with van der Waals surface area (Å²) in [6.07, 6.45) is 0. The number of nitrogens with one attached hydrogen (secondary N) is 1. The number of rotatable bonds is 2. The normalized spacial score (nSPS) is 12.9. The predicted molar refractivity (Wildman–Crippen MR) is 84.6 cm³/mol. The van der Waals surface area contributed by atoms with Crippen LogP contribution in [0.2, 0.25) is 5.02 Å². The van der Waals surface area contributed by atoms with Crippen LogP contribution in [-0.2, 0) is 0 Å². The van der Waals surface area contributed by atoms with Crippen molar-refractivity contribution in [3.8, 4) is 5.69 Å². The van der Waals surface area contributed by atoms with Gasteiger partial charge in [0.05, 0.1) is 21.7 Å². The lowest BCUT2D eigenvalue weighted by Gasteiger charge is -2.14. The molecule has 2 heterocycles. The van der Waals surface area contributed by atoms with Gasteiger partial charge in [-0.3, -0.25) is 34.4 Å². The molecular weight excluding hydrogens is 340 g/mol. The number of hydrogen-bond acceptors (Lipinski definition) is 6. The number of carbonyl (C=O) groups is 2. The van der Waals surface area contributed by atoms with Crippen molar-refractivity contribution in [3.05, 3.63) is 60.4 Å². The third kappa shape index (κ3) is 2.06. The summed E-state index contributed by atoms with van der Waals surface area (Å²) in [6, 6.07) is 3.42. The number of anilines is 1. The molecule has 0 radical (unpaired) electrons. The number of carbonyl (C=O) groups excluding carboxylic acids is 2. The summed E-state index contributed by atoms with van der Waals surface area (Å²) < 4.78 is 0.988. The van der Waals surface area contributed by atoms with E-state index in [0.29, 0.717) is 0 Å². The van der Waals surface area contributed by atoms with Crippen molar-refractivity contribution in [1.29, 1.82) is 0 Å². The summed E-state index contributed by atoms with van der Waals surface area (Å²) in [5, 5.41) is 12.8. The molecule has 1 aliphatic rings. The Morgan fingerprint density at radius 1 is 1.25 bits per heavy atom. The van der Waals surface area contributed by atoms with Crippen LogP contribution in [-0.4, -0.2) is 21.3 Å². The lowest BCUT2D eigenvalue weighted by Crippen LogP contribution is -2.24. The van der Waals surface area contributed by atoms with Crippen LogP contribution in [0.3, 0.4) is 0 Å². The molecule has 0 unspecified atom stereocenters. The number of nitrogens with two attached hydrogens (primary N) is 1. The second-order valence-corrected chi connectivity index (χ2v) is 5.45. The lowest BCUT2D eigenvalue weighted by molar-refractivity contribution is -0.384. The first-order chi connectivity index (χ1) is 11.2. The van der Waals surface area contributed by atoms with E-state index in [2.05, 4.69) is 5.32 Å². The van der Waals surface area contributed by atoms with E-state index in [1.807, 2.05) is 0 Å². The van der Waals surface area contributed by atoms with E-state index in [0.717, 1.165) is 16.7 Å². The molecular formula is C14H9ClN4O5. The van der Waals surface area contributed by atoms with Gasteiger partial charge in [-0.1, -0.05) is 11.6 Å². The Balaban J connectivity index is 2.34. The highest BCUT2D eigenvalue weighted by molar-refractivity contribution is 6.33. The quantitative estimate of drug-likeness (QED) is 0.474. The van der Waals surface area contributed by atoms with Crippen LogP contribution < -0.4 is 16.6 Å². The SMILES string of the molecule is Cc1c(-n2c(N)c3c(cc2=O)C(=O)NC3=O)ccc([N+](=O)[O-])c1Cl. The highest BCUT2D eigenvalue weighted by Crippen LogP contribution is 2.33. The van der Waals surface area contributed by atoms with E-state index in [4.69, 9.17) is 17.3 Å². The molecule has 1 aromatic carbocycles. The third-order valence-electron chi connectivity index (χ3n) is 3.73. The molecule has 2 amide bonds. The van der Waals surface area contributed by atoms with Gasteiger partial charge in [0.25, 0.3) is 23.1 Å². The molecule has 0 aliphatic carbocycles. The predicted octanol–water partition coefficient (Wildman–Crippen LogP) is 1.17. The molecule has 3 rings (SSSR count). The zero-order valence-corrected chi connectivity index (χ0v) is 12.9. The number of pyridine rings is 1. The molecule has 0 atom stereocenters. The Morgan fingerprint density at radius 3 is 2.54 bits per heavy atom. The second-order valence-electron chi connectivity index (χ2n) is 5.08. The summed E-state index contributed by atoms with van der Waals surface area (Å²) in [5.74, 6) is -1.66. The number of amides is 2. The number of nitrogens with zero attached hydrogens (tertiary/aromatic N) is 2. The number of fused-ring (bicyclic) bond motifs is 1. The van der Waals surface area contributed by atoms with Gasteiger partial charge in [-0.15, -0.1) is 0 Å². The average Bonchev–Trinajstić information content (AvgIpc) is 2.77. The van der Waals surface area contributed by atoms with Crippen molar-refractivity contribution in [2.75, 3.05) is 5.73 Å². The summed E-state index contributed by atoms with van der Waals surface area (Å²) in [6.45, 7) is 1.48. The number of benzene rings is 1. The van der Waals surface area contributed by atoms with Gasteiger partial charge in [0.1, 0.15) is 10.8 Å². The van der Waals surface area contributed by atoms with Crippen molar-refractivity contribution < 1.29 is 14.5 Å². The molecule has 2 aromatic rings. The highest BCUT2D eigenvalue weighted by atomic mass is 35.5. The maximum Gasteiger partial charge on any atom is 0.288 e. The fraction of sp³-hybridized carbons (Fsp3) is 0.0714. The van der Waals surface area contributed by atoms with Crippen LogP contribution in [0.4, 0.5) is 11.5 Å². The van der Waals surface area contributed by atoms with Crippen LogP contribution in [0.25, 0.3) is 5.69 Å². The van der Waals surface area contributed by atoms with E-state index < -0.39 is 22.3 Å². The van der Waals surface area contributed by atoms with Gasteiger partial charge < -0.3 is 5.73 Å².